The summed E-state index contributed by atoms with van der Waals surface area (Å²) in [6.07, 6.45) is 0.754. The highest BCUT2D eigenvalue weighted by Gasteiger charge is 2.37. The van der Waals surface area contributed by atoms with E-state index in [-0.39, 0.29) is 22.7 Å². The number of aromatic nitrogens is 4. The van der Waals surface area contributed by atoms with Crippen LogP contribution in [0.3, 0.4) is 0 Å². The van der Waals surface area contributed by atoms with Gasteiger partial charge in [-0.3, -0.25) is 5.32 Å². The Morgan fingerprint density at radius 1 is 0.957 bits per heavy atom. The van der Waals surface area contributed by atoms with Crippen molar-refractivity contribution in [1.82, 2.24) is 19.5 Å². The Morgan fingerprint density at radius 2 is 1.65 bits per heavy atom. The van der Waals surface area contributed by atoms with Crippen molar-refractivity contribution in [3.05, 3.63) is 29.8 Å². The maximum absolute atomic E-state index is 12.6. The van der Waals surface area contributed by atoms with E-state index >= 15 is 0 Å². The van der Waals surface area contributed by atoms with Gasteiger partial charge in [-0.2, -0.15) is 0 Å². The van der Waals surface area contributed by atoms with Crippen molar-refractivity contribution in [3.8, 4) is 17.0 Å². The Balaban J connectivity index is 1.97. The summed E-state index contributed by atoms with van der Waals surface area (Å²) in [5.41, 5.74) is 0.930. The molecule has 0 saturated carbocycles. The van der Waals surface area contributed by atoms with E-state index in [0.29, 0.717) is 47.9 Å². The van der Waals surface area contributed by atoms with Crippen LogP contribution in [-0.4, -0.2) is 73.6 Å². The molecule has 254 valence electrons. The maximum atomic E-state index is 12.6. The lowest BCUT2D eigenvalue weighted by Gasteiger charge is -2.36. The molecule has 0 spiro atoms. The molecule has 0 aliphatic carbocycles. The maximum Gasteiger partial charge on any atom is 0.517 e. The lowest BCUT2D eigenvalue weighted by molar-refractivity contribution is 0.0111. The lowest BCUT2D eigenvalue weighted by Crippen LogP contribution is -2.41. The highest BCUT2D eigenvalue weighted by atomic mass is 35.5. The van der Waals surface area contributed by atoms with Crippen molar-refractivity contribution < 1.29 is 33.0 Å². The van der Waals surface area contributed by atoms with Gasteiger partial charge in [-0.25, -0.2) is 24.5 Å². The Morgan fingerprint density at radius 3 is 2.28 bits per heavy atom. The number of nitrogens with zero attached hydrogens (tertiary/aromatic N) is 4. The number of carbonyl (C=O) groups is 2. The number of ether oxygens (including phenoxy) is 4. The van der Waals surface area contributed by atoms with Crippen LogP contribution in [0.15, 0.2) is 24.7 Å². The summed E-state index contributed by atoms with van der Waals surface area (Å²) in [6.45, 7) is 24.3. The fourth-order valence-corrected chi connectivity index (χ4v) is 5.84. The highest BCUT2D eigenvalue weighted by molar-refractivity contribution is 6.76. The molecule has 0 radical (unpaired) electrons. The number of hydrogen-bond donors (Lipinski definition) is 1. The third-order valence-corrected chi connectivity index (χ3v) is 13.9. The van der Waals surface area contributed by atoms with Crippen LogP contribution >= 0.6 is 11.6 Å². The molecule has 0 unspecified atom stereocenters. The van der Waals surface area contributed by atoms with Crippen molar-refractivity contribution in [3.63, 3.8) is 0 Å². The molecule has 0 atom stereocenters. The van der Waals surface area contributed by atoms with Crippen LogP contribution in [0, 0.1) is 0 Å². The zero-order chi connectivity index (χ0) is 34.5. The zero-order valence-electron chi connectivity index (χ0n) is 28.9. The monoisotopic (exact) mass is 693 g/mol. The first-order chi connectivity index (χ1) is 21.2. The quantitative estimate of drug-likeness (QED) is 0.0648. The van der Waals surface area contributed by atoms with Gasteiger partial charge >= 0.3 is 12.2 Å². The molecule has 3 aromatic heterocycles. The second-order valence-corrected chi connectivity index (χ2v) is 25.5. The smallest absolute Gasteiger partial charge is 0.490 e. The van der Waals surface area contributed by atoms with Gasteiger partial charge in [0.1, 0.15) is 47.6 Å². The van der Waals surface area contributed by atoms with Gasteiger partial charge in [0.05, 0.1) is 23.3 Å². The van der Waals surface area contributed by atoms with E-state index in [1.807, 2.05) is 4.57 Å². The molecular weight excluding hydrogens is 646 g/mol. The average molecular weight is 694 g/mol. The van der Waals surface area contributed by atoms with E-state index in [2.05, 4.69) is 73.8 Å². The minimum absolute atomic E-state index is 0.0701. The predicted molar refractivity (Wildman–Crippen MR) is 185 cm³/mol. The first-order valence-corrected chi connectivity index (χ1v) is 22.2. The van der Waals surface area contributed by atoms with Crippen molar-refractivity contribution in [1.29, 1.82) is 0 Å². The number of anilines is 1. The summed E-state index contributed by atoms with van der Waals surface area (Å²) in [6, 6.07) is 4.43. The Bertz CT molecular complexity index is 1530. The third-order valence-electron chi connectivity index (χ3n) is 7.41. The number of carbonyl (C=O) groups excluding carboxylic acids is 2. The first kappa shape index (κ1) is 37.4. The molecule has 15 heteroatoms. The molecule has 3 aromatic rings. The summed E-state index contributed by atoms with van der Waals surface area (Å²) in [7, 11) is -3.30. The molecule has 1 N–H and O–H groups in total. The molecule has 12 nitrogen and oxygen atoms in total. The van der Waals surface area contributed by atoms with E-state index in [1.165, 1.54) is 6.33 Å². The normalized spacial score (nSPS) is 12.7. The highest BCUT2D eigenvalue weighted by Crippen LogP contribution is 2.38. The zero-order valence-corrected chi connectivity index (χ0v) is 31.6. The van der Waals surface area contributed by atoms with E-state index in [4.69, 9.17) is 35.0 Å². The number of nitrogens with one attached hydrogen (secondary N) is 1. The summed E-state index contributed by atoms with van der Waals surface area (Å²) in [5, 5.41) is 3.35. The summed E-state index contributed by atoms with van der Waals surface area (Å²) < 4.78 is 30.4. The van der Waals surface area contributed by atoms with E-state index in [9.17, 15) is 9.59 Å². The van der Waals surface area contributed by atoms with Gasteiger partial charge in [-0.1, -0.05) is 52.0 Å². The lowest BCUT2D eigenvalue weighted by atomic mass is 10.2. The number of halogens is 1. The minimum Gasteiger partial charge on any atom is -0.490 e. The molecule has 0 fully saturated rings. The number of amides is 1. The molecule has 0 bridgehead atoms. The van der Waals surface area contributed by atoms with Crippen LogP contribution in [0.4, 0.5) is 15.4 Å². The second-order valence-electron chi connectivity index (χ2n) is 14.7. The Kier molecular flexibility index (Phi) is 12.0. The minimum atomic E-state index is -1.96. The first-order valence-electron chi connectivity index (χ1n) is 15.2. The SMILES string of the molecule is CC(C)(C)OC(=O)OC(=O)Nc1ncnc2c1cc(-c1cnc(Cl)cc1OCCO[Si](C)(C)C(C)(C)C)n2COCC[Si](C)(C)C. The topological polar surface area (TPSA) is 136 Å². The molecule has 0 saturated heterocycles. The molecule has 3 heterocycles. The van der Waals surface area contributed by atoms with E-state index in [1.54, 1.807) is 39.1 Å². The largest absolute Gasteiger partial charge is 0.517 e. The number of fused-ring (bicyclic) bond motifs is 1. The van der Waals surface area contributed by atoms with Crippen LogP contribution in [0.5, 0.6) is 5.75 Å². The average Bonchev–Trinajstić information content (AvgIpc) is 3.26. The van der Waals surface area contributed by atoms with Crippen LogP contribution in [-0.2, 0) is 25.4 Å². The fourth-order valence-electron chi connectivity index (χ4n) is 3.91. The van der Waals surface area contributed by atoms with Gasteiger partial charge in [0.25, 0.3) is 0 Å². The summed E-state index contributed by atoms with van der Waals surface area (Å²) in [4.78, 5) is 37.7. The summed E-state index contributed by atoms with van der Waals surface area (Å²) >= 11 is 6.31. The standard InChI is InChI=1S/C31H48ClN5O7Si2/c1-30(2,3)44-29(39)43-28(38)36-26-21-16-23(37(27(21)35-19-34-26)20-40-14-15-45(7,8)9)22-18-33-25(32)17-24(22)41-12-13-42-46(10,11)31(4,5)6/h16-19H,12-15,20H2,1-11H3,(H,34,35,36,38). The summed E-state index contributed by atoms with van der Waals surface area (Å²) in [5.74, 6) is 0.629. The Labute approximate surface area is 278 Å². The molecule has 3 rings (SSSR count). The number of rotatable bonds is 12. The molecule has 0 aliphatic rings. The van der Waals surface area contributed by atoms with Gasteiger partial charge in [-0.15, -0.1) is 0 Å². The molecule has 0 aliphatic heterocycles. The van der Waals surface area contributed by atoms with Gasteiger partial charge in [0.15, 0.2) is 8.32 Å². The Hall–Kier alpha value is -3.05. The molecule has 1 amide bonds. The van der Waals surface area contributed by atoms with E-state index in [0.717, 1.165) is 6.04 Å². The van der Waals surface area contributed by atoms with Gasteiger partial charge in [0.2, 0.25) is 0 Å². The van der Waals surface area contributed by atoms with Gasteiger partial charge < -0.3 is 27.9 Å². The molecular formula is C31H48ClN5O7Si2. The fraction of sp³-hybridized carbons (Fsp3) is 0.581. The van der Waals surface area contributed by atoms with Gasteiger partial charge in [0, 0.05) is 26.9 Å². The van der Waals surface area contributed by atoms with Gasteiger partial charge in [-0.05, 0) is 51.0 Å². The predicted octanol–water partition coefficient (Wildman–Crippen LogP) is 8.34. The number of pyridine rings is 1. The van der Waals surface area contributed by atoms with E-state index < -0.39 is 34.2 Å². The van der Waals surface area contributed by atoms with Crippen LogP contribution < -0.4 is 10.1 Å². The van der Waals surface area contributed by atoms with Crippen LogP contribution in [0.2, 0.25) is 49.0 Å². The third kappa shape index (κ3) is 10.8. The molecule has 46 heavy (non-hydrogen) atoms. The van der Waals surface area contributed by atoms with Crippen molar-refractivity contribution in [2.45, 2.75) is 97.7 Å². The van der Waals surface area contributed by atoms with Crippen LogP contribution in [0.1, 0.15) is 41.5 Å². The number of hydrogen-bond acceptors (Lipinski definition) is 10. The van der Waals surface area contributed by atoms with Crippen molar-refractivity contribution in [2.75, 3.05) is 25.1 Å². The molecule has 0 aromatic carbocycles. The second kappa shape index (κ2) is 14.8. The van der Waals surface area contributed by atoms with Crippen molar-refractivity contribution in [2.24, 2.45) is 0 Å². The van der Waals surface area contributed by atoms with Crippen LogP contribution in [0.25, 0.3) is 22.3 Å². The van der Waals surface area contributed by atoms with Crippen molar-refractivity contribution >= 4 is 57.1 Å².